The molecule has 6 heteroatoms. The summed E-state index contributed by atoms with van der Waals surface area (Å²) in [5.41, 5.74) is 0. The third-order valence-electron chi connectivity index (χ3n) is 18.3. The van der Waals surface area contributed by atoms with E-state index in [9.17, 15) is 19.8 Å². The van der Waals surface area contributed by atoms with Crippen LogP contribution in [0.4, 0.5) is 0 Å². The van der Waals surface area contributed by atoms with Crippen LogP contribution in [-0.2, 0) is 14.3 Å². The zero-order valence-electron chi connectivity index (χ0n) is 56.7. The number of carbonyl (C=O) groups is 2. The van der Waals surface area contributed by atoms with E-state index in [0.29, 0.717) is 25.9 Å². The van der Waals surface area contributed by atoms with Gasteiger partial charge in [0.25, 0.3) is 0 Å². The first-order valence-corrected chi connectivity index (χ1v) is 38.4. The first-order chi connectivity index (χ1) is 41.0. The Kier molecular flexibility index (Phi) is 71.8. The Labute approximate surface area is 520 Å². The Bertz CT molecular complexity index is 1260. The summed E-state index contributed by atoms with van der Waals surface area (Å²) in [5.74, 6) is -0.0102. The van der Waals surface area contributed by atoms with E-state index in [1.165, 1.54) is 372 Å². The average molecular weight is 1170 g/mol. The molecule has 2 unspecified atom stereocenters. The highest BCUT2D eigenvalue weighted by Crippen LogP contribution is 2.20. The van der Waals surface area contributed by atoms with Crippen LogP contribution in [0.3, 0.4) is 0 Å². The van der Waals surface area contributed by atoms with E-state index in [2.05, 4.69) is 31.3 Å². The molecule has 0 bridgehead atoms. The van der Waals surface area contributed by atoms with Crippen molar-refractivity contribution in [2.45, 2.75) is 456 Å². The molecule has 1 amide bonds. The predicted octanol–water partition coefficient (Wildman–Crippen LogP) is 25.1. The first-order valence-electron chi connectivity index (χ1n) is 38.4. The normalized spacial score (nSPS) is 12.5. The van der Waals surface area contributed by atoms with Crippen LogP contribution in [0.5, 0.6) is 0 Å². The Hall–Kier alpha value is -1.40. The number of aliphatic hydroxyl groups excluding tert-OH is 2. The summed E-state index contributed by atoms with van der Waals surface area (Å²) < 4.78 is 5.49. The van der Waals surface area contributed by atoms with Crippen molar-refractivity contribution >= 4 is 11.9 Å². The van der Waals surface area contributed by atoms with Crippen LogP contribution < -0.4 is 5.32 Å². The molecule has 0 aliphatic carbocycles. The second kappa shape index (κ2) is 73.1. The number of allylic oxidation sites excluding steroid dienone is 2. The van der Waals surface area contributed by atoms with Crippen LogP contribution in [0, 0.1) is 0 Å². The fourth-order valence-electron chi connectivity index (χ4n) is 12.5. The quantitative estimate of drug-likeness (QED) is 0.0320. The maximum Gasteiger partial charge on any atom is 0.305 e. The third kappa shape index (κ3) is 69.6. The summed E-state index contributed by atoms with van der Waals surface area (Å²) in [4.78, 5) is 24.6. The molecule has 0 aliphatic rings. The van der Waals surface area contributed by atoms with Gasteiger partial charge < -0.3 is 20.3 Å². The number of aliphatic hydroxyl groups is 2. The molecule has 0 aromatic carbocycles. The lowest BCUT2D eigenvalue weighted by atomic mass is 10.0. The zero-order valence-corrected chi connectivity index (χ0v) is 56.7. The molecule has 0 saturated carbocycles. The lowest BCUT2D eigenvalue weighted by molar-refractivity contribution is -0.143. The Morgan fingerprint density at radius 3 is 0.855 bits per heavy atom. The van der Waals surface area contributed by atoms with Crippen LogP contribution in [0.15, 0.2) is 12.2 Å². The van der Waals surface area contributed by atoms with Gasteiger partial charge in [0.1, 0.15) is 0 Å². The number of rotatable bonds is 73. The number of unbranched alkanes of at least 4 members (excludes halogenated alkanes) is 60. The molecule has 0 fully saturated rings. The van der Waals surface area contributed by atoms with Crippen LogP contribution in [0.1, 0.15) is 444 Å². The molecule has 83 heavy (non-hydrogen) atoms. The number of carbonyl (C=O) groups excluding carboxylic acids is 2. The number of nitrogens with one attached hydrogen (secondary N) is 1. The number of hydrogen-bond donors (Lipinski definition) is 3. The number of hydrogen-bond acceptors (Lipinski definition) is 5. The van der Waals surface area contributed by atoms with Gasteiger partial charge in [0.2, 0.25) is 5.91 Å². The van der Waals surface area contributed by atoms with E-state index in [4.69, 9.17) is 4.74 Å². The molecule has 0 rings (SSSR count). The second-order valence-corrected chi connectivity index (χ2v) is 26.7. The lowest BCUT2D eigenvalue weighted by Crippen LogP contribution is -2.45. The molecule has 6 nitrogen and oxygen atoms in total. The van der Waals surface area contributed by atoms with Gasteiger partial charge in [-0.1, -0.05) is 392 Å². The highest BCUT2D eigenvalue weighted by Gasteiger charge is 2.20. The van der Waals surface area contributed by atoms with Crippen molar-refractivity contribution in [3.05, 3.63) is 12.2 Å². The van der Waals surface area contributed by atoms with Gasteiger partial charge in [-0.2, -0.15) is 0 Å². The Morgan fingerprint density at radius 1 is 0.325 bits per heavy atom. The second-order valence-electron chi connectivity index (χ2n) is 26.7. The largest absolute Gasteiger partial charge is 0.466 e. The Morgan fingerprint density at radius 2 is 0.566 bits per heavy atom. The monoisotopic (exact) mass is 1170 g/mol. The summed E-state index contributed by atoms with van der Waals surface area (Å²) in [6.45, 7) is 5.01. The maximum absolute atomic E-state index is 12.6. The van der Waals surface area contributed by atoms with Gasteiger partial charge in [0, 0.05) is 12.8 Å². The van der Waals surface area contributed by atoms with Crippen molar-refractivity contribution in [2.75, 3.05) is 13.2 Å². The Balaban J connectivity index is 3.37. The van der Waals surface area contributed by atoms with Gasteiger partial charge in [-0.25, -0.2) is 0 Å². The lowest BCUT2D eigenvalue weighted by Gasteiger charge is -2.22. The molecular formula is C77H151NO5. The maximum atomic E-state index is 12.6. The van der Waals surface area contributed by atoms with E-state index < -0.39 is 12.1 Å². The molecule has 0 spiro atoms. The molecular weight excluding hydrogens is 1020 g/mol. The van der Waals surface area contributed by atoms with Gasteiger partial charge in [0.05, 0.1) is 25.4 Å². The minimum Gasteiger partial charge on any atom is -0.466 e. The molecule has 494 valence electrons. The molecule has 0 aliphatic heterocycles. The predicted molar refractivity (Wildman–Crippen MR) is 366 cm³/mol. The van der Waals surface area contributed by atoms with Gasteiger partial charge >= 0.3 is 5.97 Å². The molecule has 2 atom stereocenters. The van der Waals surface area contributed by atoms with Crippen molar-refractivity contribution < 1.29 is 24.5 Å². The van der Waals surface area contributed by atoms with Crippen LogP contribution >= 0.6 is 0 Å². The molecule has 0 aromatic heterocycles. The van der Waals surface area contributed by atoms with Gasteiger partial charge in [-0.05, 0) is 51.4 Å². The minimum absolute atomic E-state index is 0.0187. The molecule has 0 saturated heterocycles. The van der Waals surface area contributed by atoms with Gasteiger partial charge in [0.15, 0.2) is 0 Å². The molecule has 0 radical (unpaired) electrons. The summed E-state index contributed by atoms with van der Waals surface area (Å²) >= 11 is 0. The van der Waals surface area contributed by atoms with Gasteiger partial charge in [-0.15, -0.1) is 0 Å². The van der Waals surface area contributed by atoms with E-state index in [-0.39, 0.29) is 18.5 Å². The minimum atomic E-state index is -0.665. The summed E-state index contributed by atoms with van der Waals surface area (Å²) in [6.07, 6.45) is 91.4. The number of ether oxygens (including phenoxy) is 1. The molecule has 0 heterocycles. The van der Waals surface area contributed by atoms with Crippen molar-refractivity contribution in [3.63, 3.8) is 0 Å². The third-order valence-corrected chi connectivity index (χ3v) is 18.3. The summed E-state index contributed by atoms with van der Waals surface area (Å²) in [5, 5.41) is 23.5. The average Bonchev–Trinajstić information content (AvgIpc) is 3.49. The zero-order chi connectivity index (χ0) is 59.9. The van der Waals surface area contributed by atoms with Crippen molar-refractivity contribution in [1.29, 1.82) is 0 Å². The highest BCUT2D eigenvalue weighted by atomic mass is 16.5. The SMILES string of the molecule is CCCCCCCCCCCCCCCCCCCCCCCCCCCC(O)C(CO)NC(=O)CCCCCCCCCCCCCC/C=C\CCCCCCCCCCCCCCOC(=O)CCCCCCCCCCCCCCC. The fraction of sp³-hybridized carbons (Fsp3) is 0.948. The van der Waals surface area contributed by atoms with Crippen molar-refractivity contribution in [3.8, 4) is 0 Å². The van der Waals surface area contributed by atoms with E-state index >= 15 is 0 Å². The smallest absolute Gasteiger partial charge is 0.305 e. The topological polar surface area (TPSA) is 95.9 Å². The van der Waals surface area contributed by atoms with E-state index in [1.54, 1.807) is 0 Å². The standard InChI is InChI=1S/C77H151NO5/c1-3-5-7-9-11-13-15-17-18-19-20-21-22-27-30-33-36-39-42-46-49-53-57-61-65-69-75(80)74(73-79)78-76(81)70-66-62-58-54-50-47-43-40-37-34-31-28-25-23-24-26-29-32-35-38-41-44-48-52-56-60-64-68-72-83-77(82)71-67-63-59-55-51-45-16-14-12-10-8-6-4-2/h23-24,74-75,79-80H,3-22,25-73H2,1-2H3,(H,78,81)/b24-23-. The van der Waals surface area contributed by atoms with Crippen LogP contribution in [0.25, 0.3) is 0 Å². The number of amides is 1. The van der Waals surface area contributed by atoms with Gasteiger partial charge in [-0.3, -0.25) is 9.59 Å². The van der Waals surface area contributed by atoms with Crippen LogP contribution in [0.2, 0.25) is 0 Å². The highest BCUT2D eigenvalue weighted by molar-refractivity contribution is 5.76. The molecule has 0 aromatic rings. The summed E-state index contributed by atoms with van der Waals surface area (Å²) in [6, 6.07) is -0.542. The van der Waals surface area contributed by atoms with E-state index in [1.807, 2.05) is 0 Å². The van der Waals surface area contributed by atoms with Crippen LogP contribution in [-0.4, -0.2) is 47.4 Å². The van der Waals surface area contributed by atoms with Crippen molar-refractivity contribution in [2.24, 2.45) is 0 Å². The number of esters is 1. The molecule has 3 N–H and O–H groups in total. The fourth-order valence-corrected chi connectivity index (χ4v) is 12.5. The first kappa shape index (κ1) is 81.6. The van der Waals surface area contributed by atoms with Crippen molar-refractivity contribution in [1.82, 2.24) is 5.32 Å². The summed E-state index contributed by atoms with van der Waals surface area (Å²) in [7, 11) is 0. The van der Waals surface area contributed by atoms with E-state index in [0.717, 1.165) is 38.5 Å².